The van der Waals surface area contributed by atoms with Gasteiger partial charge in [-0.3, -0.25) is 14.9 Å². The van der Waals surface area contributed by atoms with Crippen molar-refractivity contribution in [1.82, 2.24) is 9.88 Å². The Balaban J connectivity index is 1.24. The predicted molar refractivity (Wildman–Crippen MR) is 126 cm³/mol. The number of nitrogens with zero attached hydrogens (tertiary/aromatic N) is 4. The average molecular weight is 477 g/mol. The maximum absolute atomic E-state index is 12.5. The minimum Gasteiger partial charge on any atom is -0.345 e. The largest absolute Gasteiger partial charge is 0.345 e. The number of carbonyl (C=O) groups is 1. The number of benzene rings is 2. The number of hydrogen-bond acceptors (Lipinski definition) is 7. The van der Waals surface area contributed by atoms with E-state index < -0.39 is 4.92 Å². The molecular formula is C21H21ClN4O3S2. The second-order valence-electron chi connectivity index (χ2n) is 7.18. The van der Waals surface area contributed by atoms with Crippen molar-refractivity contribution in [1.29, 1.82) is 0 Å². The molecule has 0 radical (unpaired) electrons. The third kappa shape index (κ3) is 5.47. The lowest BCUT2D eigenvalue weighted by atomic mass is 10.2. The molecule has 0 bridgehead atoms. The van der Waals surface area contributed by atoms with Crippen LogP contribution in [-0.4, -0.2) is 52.6 Å². The van der Waals surface area contributed by atoms with Crippen LogP contribution in [0.15, 0.2) is 47.4 Å². The molecule has 1 aliphatic rings. The van der Waals surface area contributed by atoms with E-state index in [4.69, 9.17) is 11.6 Å². The second kappa shape index (κ2) is 9.84. The van der Waals surface area contributed by atoms with Crippen LogP contribution in [0.4, 0.5) is 10.8 Å². The molecule has 4 rings (SSSR count). The van der Waals surface area contributed by atoms with Gasteiger partial charge in [0.05, 0.1) is 15.1 Å². The summed E-state index contributed by atoms with van der Waals surface area (Å²) < 4.78 is 0.806. The standard InChI is InChI=1S/C21H21ClN4O3S2/c22-15-3-6-17(7-4-15)30-13-1-2-20(27)24-9-11-25(12-10-24)21-23-18-8-5-16(26(28)29)14-19(18)31-21/h3-8,14H,1-2,9-13H2. The summed E-state index contributed by atoms with van der Waals surface area (Å²) in [6, 6.07) is 12.5. The molecule has 31 heavy (non-hydrogen) atoms. The van der Waals surface area contributed by atoms with Crippen LogP contribution >= 0.6 is 34.7 Å². The minimum absolute atomic E-state index is 0.0762. The molecule has 1 saturated heterocycles. The van der Waals surface area contributed by atoms with E-state index in [0.29, 0.717) is 32.6 Å². The SMILES string of the molecule is O=C(CCCSc1ccc(Cl)cc1)N1CCN(c2nc3ccc([N+](=O)[O-])cc3s2)CC1. The fourth-order valence-electron chi connectivity index (χ4n) is 3.40. The van der Waals surface area contributed by atoms with Crippen molar-refractivity contribution in [3.05, 3.63) is 57.6 Å². The van der Waals surface area contributed by atoms with Gasteiger partial charge in [0.1, 0.15) is 0 Å². The summed E-state index contributed by atoms with van der Waals surface area (Å²) in [6.45, 7) is 2.76. The summed E-state index contributed by atoms with van der Waals surface area (Å²) in [5, 5.41) is 12.5. The molecule has 10 heteroatoms. The highest BCUT2D eigenvalue weighted by atomic mass is 35.5. The van der Waals surface area contributed by atoms with Gasteiger partial charge in [-0.2, -0.15) is 0 Å². The van der Waals surface area contributed by atoms with E-state index in [-0.39, 0.29) is 11.6 Å². The Morgan fingerprint density at radius 2 is 1.90 bits per heavy atom. The molecule has 0 atom stereocenters. The Labute approximate surface area is 193 Å². The Kier molecular flexibility index (Phi) is 6.94. The molecule has 0 unspecified atom stereocenters. The van der Waals surface area contributed by atoms with Crippen molar-refractivity contribution in [2.75, 3.05) is 36.8 Å². The van der Waals surface area contributed by atoms with Crippen molar-refractivity contribution in [3.63, 3.8) is 0 Å². The van der Waals surface area contributed by atoms with Gasteiger partial charge in [0.2, 0.25) is 5.91 Å². The lowest BCUT2D eigenvalue weighted by Gasteiger charge is -2.34. The molecular weight excluding hydrogens is 456 g/mol. The molecule has 1 fully saturated rings. The number of thiazole rings is 1. The number of amides is 1. The van der Waals surface area contributed by atoms with E-state index in [2.05, 4.69) is 9.88 Å². The Morgan fingerprint density at radius 1 is 1.16 bits per heavy atom. The van der Waals surface area contributed by atoms with E-state index in [0.717, 1.165) is 37.4 Å². The van der Waals surface area contributed by atoms with Crippen LogP contribution in [-0.2, 0) is 4.79 Å². The number of halogens is 1. The summed E-state index contributed by atoms with van der Waals surface area (Å²) in [4.78, 5) is 33.0. The average Bonchev–Trinajstić information content (AvgIpc) is 3.21. The van der Waals surface area contributed by atoms with Gasteiger partial charge in [-0.25, -0.2) is 4.98 Å². The van der Waals surface area contributed by atoms with Gasteiger partial charge >= 0.3 is 0 Å². The molecule has 2 heterocycles. The quantitative estimate of drug-likeness (QED) is 0.205. The fourth-order valence-corrected chi connectivity index (χ4v) is 5.43. The minimum atomic E-state index is -0.392. The number of anilines is 1. The number of carbonyl (C=O) groups excluding carboxylic acids is 1. The van der Waals surface area contributed by atoms with Crippen molar-refractivity contribution in [2.45, 2.75) is 17.7 Å². The first kappa shape index (κ1) is 21.9. The summed E-state index contributed by atoms with van der Waals surface area (Å²) in [6.07, 6.45) is 1.38. The number of aromatic nitrogens is 1. The Hall–Kier alpha value is -2.36. The van der Waals surface area contributed by atoms with E-state index >= 15 is 0 Å². The van der Waals surface area contributed by atoms with Gasteiger partial charge in [-0.15, -0.1) is 11.8 Å². The zero-order valence-electron chi connectivity index (χ0n) is 16.7. The normalized spacial score (nSPS) is 14.2. The first-order valence-electron chi connectivity index (χ1n) is 9.96. The molecule has 0 spiro atoms. The van der Waals surface area contributed by atoms with Crippen LogP contribution in [0.2, 0.25) is 5.02 Å². The fraction of sp³-hybridized carbons (Fsp3) is 0.333. The number of nitro benzene ring substituents is 1. The summed E-state index contributed by atoms with van der Waals surface area (Å²) in [5.41, 5.74) is 0.842. The number of non-ortho nitro benzene ring substituents is 1. The maximum atomic E-state index is 12.5. The molecule has 7 nitrogen and oxygen atoms in total. The lowest BCUT2D eigenvalue weighted by molar-refractivity contribution is -0.384. The van der Waals surface area contributed by atoms with Gasteiger partial charge in [0.25, 0.3) is 5.69 Å². The summed E-state index contributed by atoms with van der Waals surface area (Å²) >= 11 is 9.09. The first-order chi connectivity index (χ1) is 15.0. The smallest absolute Gasteiger partial charge is 0.270 e. The van der Waals surface area contributed by atoms with Gasteiger partial charge in [0.15, 0.2) is 5.13 Å². The molecule has 1 aromatic heterocycles. The molecule has 1 aliphatic heterocycles. The molecule has 1 amide bonds. The van der Waals surface area contributed by atoms with Crippen LogP contribution in [0.1, 0.15) is 12.8 Å². The van der Waals surface area contributed by atoms with Gasteiger partial charge in [0, 0.05) is 54.7 Å². The van der Waals surface area contributed by atoms with E-state index in [1.807, 2.05) is 29.2 Å². The lowest BCUT2D eigenvalue weighted by Crippen LogP contribution is -2.48. The molecule has 0 N–H and O–H groups in total. The topological polar surface area (TPSA) is 79.6 Å². The zero-order valence-corrected chi connectivity index (χ0v) is 19.1. The number of nitro groups is 1. The van der Waals surface area contributed by atoms with Gasteiger partial charge in [-0.05, 0) is 42.5 Å². The van der Waals surface area contributed by atoms with E-state index in [1.165, 1.54) is 17.4 Å². The highest BCUT2D eigenvalue weighted by Gasteiger charge is 2.23. The van der Waals surface area contributed by atoms with Crippen LogP contribution in [0.25, 0.3) is 10.2 Å². The molecule has 2 aromatic carbocycles. The summed E-state index contributed by atoms with van der Waals surface area (Å²) in [7, 11) is 0. The molecule has 0 saturated carbocycles. The highest BCUT2D eigenvalue weighted by molar-refractivity contribution is 7.99. The third-order valence-electron chi connectivity index (χ3n) is 5.09. The predicted octanol–water partition coefficient (Wildman–Crippen LogP) is 5.08. The van der Waals surface area contributed by atoms with Crippen molar-refractivity contribution < 1.29 is 9.72 Å². The number of thioether (sulfide) groups is 1. The van der Waals surface area contributed by atoms with Gasteiger partial charge in [-0.1, -0.05) is 22.9 Å². The Bertz CT molecular complexity index is 1080. The highest BCUT2D eigenvalue weighted by Crippen LogP contribution is 2.32. The maximum Gasteiger partial charge on any atom is 0.270 e. The Morgan fingerprint density at radius 3 is 2.61 bits per heavy atom. The van der Waals surface area contributed by atoms with Crippen molar-refractivity contribution in [3.8, 4) is 0 Å². The van der Waals surface area contributed by atoms with Crippen LogP contribution in [0.5, 0.6) is 0 Å². The van der Waals surface area contributed by atoms with Gasteiger partial charge < -0.3 is 9.80 Å². The summed E-state index contributed by atoms with van der Waals surface area (Å²) in [5.74, 6) is 1.09. The number of fused-ring (bicyclic) bond motifs is 1. The number of piperazine rings is 1. The molecule has 162 valence electrons. The van der Waals surface area contributed by atoms with Crippen LogP contribution in [0, 0.1) is 10.1 Å². The first-order valence-corrected chi connectivity index (χ1v) is 12.1. The van der Waals surface area contributed by atoms with E-state index in [9.17, 15) is 14.9 Å². The van der Waals surface area contributed by atoms with E-state index in [1.54, 1.807) is 23.9 Å². The molecule has 3 aromatic rings. The number of rotatable bonds is 7. The van der Waals surface area contributed by atoms with Crippen LogP contribution < -0.4 is 4.90 Å². The molecule has 0 aliphatic carbocycles. The van der Waals surface area contributed by atoms with Crippen molar-refractivity contribution in [2.24, 2.45) is 0 Å². The zero-order chi connectivity index (χ0) is 21.8. The van der Waals surface area contributed by atoms with Crippen LogP contribution in [0.3, 0.4) is 0 Å². The monoisotopic (exact) mass is 476 g/mol. The third-order valence-corrected chi connectivity index (χ3v) is 7.52. The second-order valence-corrected chi connectivity index (χ2v) is 9.79. The number of hydrogen-bond donors (Lipinski definition) is 0. The van der Waals surface area contributed by atoms with Crippen molar-refractivity contribution >= 4 is 61.6 Å².